The number of nitrogens with zero attached hydrogens (tertiary/aromatic N) is 1. The van der Waals surface area contributed by atoms with E-state index in [1.807, 2.05) is 48.5 Å². The standard InChI is InChI=1S/C38H28Br3NO7/c1-20(2)32(36(47)48-19-29(43)21-13-17-24(18-14-21)49-35(46)22-11-15-23(39)16-12-22)42-33(44)30-31(34(42)45)38(41)26-8-4-3-7-25(26)37(30,40)27-9-5-6-10-28(27)38/h3-18,20,30-32H,19H2,1-2H3/t30?,31?,32-,37?,38?/m0/s1. The molecule has 0 N–H and O–H groups in total. The number of carbonyl (C=O) groups excluding carboxylic acids is 5. The highest BCUT2D eigenvalue weighted by molar-refractivity contribution is 9.10. The zero-order valence-electron chi connectivity index (χ0n) is 26.2. The predicted octanol–water partition coefficient (Wildman–Crippen LogP) is 7.32. The Morgan fingerprint density at radius 3 is 1.61 bits per heavy atom. The van der Waals surface area contributed by atoms with Crippen LogP contribution in [0.2, 0.25) is 0 Å². The van der Waals surface area contributed by atoms with Crippen molar-refractivity contribution in [1.82, 2.24) is 4.90 Å². The van der Waals surface area contributed by atoms with Gasteiger partial charge in [0.15, 0.2) is 12.4 Å². The summed E-state index contributed by atoms with van der Waals surface area (Å²) < 4.78 is 9.73. The number of imide groups is 1. The number of Topliss-reactive ketones (excluding diaryl/α,β-unsaturated/α-hetero) is 1. The Hall–Kier alpha value is -3.93. The first-order chi connectivity index (χ1) is 23.4. The highest BCUT2D eigenvalue weighted by Crippen LogP contribution is 2.70. The van der Waals surface area contributed by atoms with Gasteiger partial charge in [-0.3, -0.25) is 19.3 Å². The molecule has 11 heteroatoms. The second-order valence-electron chi connectivity index (χ2n) is 12.7. The lowest BCUT2D eigenvalue weighted by Gasteiger charge is -2.55. The van der Waals surface area contributed by atoms with E-state index in [-0.39, 0.29) is 11.3 Å². The minimum Gasteiger partial charge on any atom is -0.456 e. The number of amides is 2. The first-order valence-electron chi connectivity index (χ1n) is 15.6. The largest absolute Gasteiger partial charge is 0.456 e. The average molecular weight is 850 g/mol. The first-order valence-corrected chi connectivity index (χ1v) is 18.0. The summed E-state index contributed by atoms with van der Waals surface area (Å²) in [5.41, 5.74) is 4.14. The van der Waals surface area contributed by atoms with Gasteiger partial charge in [-0.2, -0.15) is 0 Å². The molecule has 0 aromatic heterocycles. The Labute approximate surface area is 307 Å². The molecular formula is C38H28Br3NO7. The molecule has 248 valence electrons. The van der Waals surface area contributed by atoms with Gasteiger partial charge < -0.3 is 9.47 Å². The highest BCUT2D eigenvalue weighted by Gasteiger charge is 2.73. The molecule has 3 aliphatic carbocycles. The molecule has 8 nitrogen and oxygen atoms in total. The fraction of sp³-hybridized carbons (Fsp3) is 0.237. The number of hydrogen-bond acceptors (Lipinski definition) is 7. The summed E-state index contributed by atoms with van der Waals surface area (Å²) in [5, 5.41) is 0. The number of likely N-dealkylation sites (tertiary alicyclic amines) is 1. The van der Waals surface area contributed by atoms with E-state index in [1.165, 1.54) is 24.3 Å². The van der Waals surface area contributed by atoms with E-state index in [0.717, 1.165) is 31.6 Å². The number of rotatable bonds is 8. The van der Waals surface area contributed by atoms with Crippen LogP contribution in [0.15, 0.2) is 102 Å². The Bertz CT molecular complexity index is 1920. The van der Waals surface area contributed by atoms with Gasteiger partial charge in [0.1, 0.15) is 11.8 Å². The van der Waals surface area contributed by atoms with Crippen molar-refractivity contribution in [3.8, 4) is 5.75 Å². The molecule has 4 aromatic rings. The first kappa shape index (κ1) is 33.6. The number of carbonyl (C=O) groups is 5. The van der Waals surface area contributed by atoms with Crippen LogP contribution in [-0.4, -0.2) is 47.1 Å². The van der Waals surface area contributed by atoms with Gasteiger partial charge in [0, 0.05) is 10.0 Å². The lowest BCUT2D eigenvalue weighted by molar-refractivity contribution is -0.160. The third-order valence-corrected chi connectivity index (χ3v) is 12.8. The van der Waals surface area contributed by atoms with Gasteiger partial charge in [0.05, 0.1) is 26.0 Å². The lowest BCUT2D eigenvalue weighted by Crippen LogP contribution is -2.56. The third kappa shape index (κ3) is 5.15. The van der Waals surface area contributed by atoms with Gasteiger partial charge in [0.2, 0.25) is 11.8 Å². The number of halogens is 3. The molecule has 2 amide bonds. The van der Waals surface area contributed by atoms with Crippen molar-refractivity contribution in [2.24, 2.45) is 17.8 Å². The molecule has 8 rings (SSSR count). The summed E-state index contributed by atoms with van der Waals surface area (Å²) in [6.07, 6.45) is 0. The van der Waals surface area contributed by atoms with E-state index in [0.29, 0.717) is 5.56 Å². The Morgan fingerprint density at radius 1 is 0.714 bits per heavy atom. The molecule has 3 atom stereocenters. The van der Waals surface area contributed by atoms with E-state index in [9.17, 15) is 24.0 Å². The van der Waals surface area contributed by atoms with Crippen molar-refractivity contribution >= 4 is 77.3 Å². The fourth-order valence-electron chi connectivity index (χ4n) is 7.40. The summed E-state index contributed by atoms with van der Waals surface area (Å²) in [5.74, 6) is -4.80. The highest BCUT2D eigenvalue weighted by atomic mass is 79.9. The number of alkyl halides is 2. The van der Waals surface area contributed by atoms with Crippen LogP contribution in [0.5, 0.6) is 5.75 Å². The summed E-state index contributed by atoms with van der Waals surface area (Å²) in [7, 11) is 0. The van der Waals surface area contributed by atoms with Crippen LogP contribution in [0.4, 0.5) is 0 Å². The normalized spacial score (nSPS) is 23.8. The summed E-state index contributed by atoms with van der Waals surface area (Å²) in [6.45, 7) is 2.86. The van der Waals surface area contributed by atoms with Crippen LogP contribution in [0.25, 0.3) is 0 Å². The van der Waals surface area contributed by atoms with E-state index in [2.05, 4.69) is 47.8 Å². The van der Waals surface area contributed by atoms with Crippen molar-refractivity contribution in [3.63, 3.8) is 0 Å². The summed E-state index contributed by atoms with van der Waals surface area (Å²) >= 11 is 11.3. The SMILES string of the molecule is CC(C)[C@@H](C(=O)OCC(=O)c1ccc(OC(=O)c2ccc(Br)cc2)cc1)N1C(=O)C2C(C1=O)C1(Br)c3ccccc3C2(Br)c2ccccc21. The number of benzene rings is 4. The molecule has 1 saturated heterocycles. The molecule has 2 bridgehead atoms. The molecule has 0 radical (unpaired) electrons. The van der Waals surface area contributed by atoms with Gasteiger partial charge >= 0.3 is 11.9 Å². The topological polar surface area (TPSA) is 107 Å². The molecule has 0 saturated carbocycles. The Morgan fingerprint density at radius 2 is 1.16 bits per heavy atom. The number of ketones is 1. The molecule has 4 aromatic carbocycles. The Kier molecular flexibility index (Phi) is 8.52. The minimum atomic E-state index is -1.25. The maximum absolute atomic E-state index is 14.5. The predicted molar refractivity (Wildman–Crippen MR) is 191 cm³/mol. The van der Waals surface area contributed by atoms with Gasteiger partial charge in [-0.25, -0.2) is 9.59 Å². The second-order valence-corrected chi connectivity index (χ2v) is 16.1. The molecule has 4 aliphatic rings. The summed E-state index contributed by atoms with van der Waals surface area (Å²) in [6, 6.07) is 26.8. The van der Waals surface area contributed by atoms with Crippen molar-refractivity contribution in [3.05, 3.63) is 135 Å². The van der Waals surface area contributed by atoms with E-state index in [4.69, 9.17) is 9.47 Å². The number of hydrogen-bond donors (Lipinski definition) is 0. The maximum Gasteiger partial charge on any atom is 0.343 e. The smallest absolute Gasteiger partial charge is 0.343 e. The van der Waals surface area contributed by atoms with Crippen molar-refractivity contribution < 1.29 is 33.4 Å². The zero-order valence-corrected chi connectivity index (χ0v) is 31.0. The molecule has 1 fully saturated rings. The lowest BCUT2D eigenvalue weighted by atomic mass is 9.54. The maximum atomic E-state index is 14.5. The number of esters is 2. The molecule has 0 spiro atoms. The molecule has 2 unspecified atom stereocenters. The third-order valence-electron chi connectivity index (χ3n) is 9.58. The molecular weight excluding hydrogens is 822 g/mol. The second kappa shape index (κ2) is 12.4. The van der Waals surface area contributed by atoms with Crippen LogP contribution in [0.3, 0.4) is 0 Å². The van der Waals surface area contributed by atoms with Gasteiger partial charge in [-0.15, -0.1) is 0 Å². The molecule has 49 heavy (non-hydrogen) atoms. The number of ether oxygens (including phenoxy) is 2. The fourth-order valence-corrected chi connectivity index (χ4v) is 9.97. The monoisotopic (exact) mass is 847 g/mol. The van der Waals surface area contributed by atoms with Gasteiger partial charge in [0.25, 0.3) is 0 Å². The van der Waals surface area contributed by atoms with Gasteiger partial charge in [-0.05, 0) is 76.7 Å². The minimum absolute atomic E-state index is 0.228. The van der Waals surface area contributed by atoms with E-state index >= 15 is 0 Å². The van der Waals surface area contributed by atoms with Crippen LogP contribution in [-0.2, 0) is 27.8 Å². The summed E-state index contributed by atoms with van der Waals surface area (Å²) in [4.78, 5) is 69.2. The van der Waals surface area contributed by atoms with E-state index < -0.39 is 68.6 Å². The van der Waals surface area contributed by atoms with Crippen LogP contribution in [0.1, 0.15) is 56.8 Å². The molecule has 1 heterocycles. The van der Waals surface area contributed by atoms with Crippen molar-refractivity contribution in [2.75, 3.05) is 6.61 Å². The van der Waals surface area contributed by atoms with Gasteiger partial charge in [-0.1, -0.05) is 110 Å². The average Bonchev–Trinajstić information content (AvgIpc) is 3.37. The van der Waals surface area contributed by atoms with Crippen LogP contribution < -0.4 is 4.74 Å². The zero-order chi connectivity index (χ0) is 34.8. The van der Waals surface area contributed by atoms with E-state index in [1.54, 1.807) is 38.1 Å². The molecule has 1 aliphatic heterocycles. The Balaban J connectivity index is 1.10. The van der Waals surface area contributed by atoms with Crippen LogP contribution >= 0.6 is 47.8 Å². The van der Waals surface area contributed by atoms with Crippen LogP contribution in [0, 0.1) is 17.8 Å². The quantitative estimate of drug-likeness (QED) is 0.0602. The van der Waals surface area contributed by atoms with Crippen molar-refractivity contribution in [1.29, 1.82) is 0 Å². The van der Waals surface area contributed by atoms with Crippen molar-refractivity contribution in [2.45, 2.75) is 28.5 Å².